The Labute approximate surface area is 90.2 Å². The van der Waals surface area contributed by atoms with Crippen molar-refractivity contribution in [2.75, 3.05) is 19.8 Å². The molecule has 2 heterocycles. The fraction of sp³-hybridized carbons (Fsp3) is 0.909. The molecule has 3 unspecified atom stereocenters. The largest absolute Gasteiger partial charge is 0.480 e. The van der Waals surface area contributed by atoms with Crippen LogP contribution >= 0.6 is 0 Å². The molecule has 3 atom stereocenters. The molecule has 0 radical (unpaired) electrons. The van der Waals surface area contributed by atoms with Crippen LogP contribution in [0.1, 0.15) is 26.2 Å². The van der Waals surface area contributed by atoms with Crippen LogP contribution in [0.5, 0.6) is 0 Å². The van der Waals surface area contributed by atoms with Gasteiger partial charge in [0.05, 0.1) is 6.61 Å². The molecule has 4 heteroatoms. The van der Waals surface area contributed by atoms with E-state index in [1.54, 1.807) is 0 Å². The van der Waals surface area contributed by atoms with Gasteiger partial charge >= 0.3 is 5.97 Å². The van der Waals surface area contributed by atoms with Crippen LogP contribution in [0, 0.1) is 5.92 Å². The van der Waals surface area contributed by atoms with Gasteiger partial charge in [0, 0.05) is 12.6 Å². The first-order valence-corrected chi connectivity index (χ1v) is 5.76. The highest BCUT2D eigenvalue weighted by molar-refractivity contribution is 5.73. The van der Waals surface area contributed by atoms with Gasteiger partial charge in [-0.15, -0.1) is 0 Å². The Balaban J connectivity index is 1.98. The van der Waals surface area contributed by atoms with Gasteiger partial charge in [-0.1, -0.05) is 0 Å². The zero-order chi connectivity index (χ0) is 10.8. The minimum atomic E-state index is -0.668. The summed E-state index contributed by atoms with van der Waals surface area (Å²) in [6.45, 7) is 4.69. The number of rotatable bonds is 3. The molecular weight excluding hydrogens is 194 g/mol. The van der Waals surface area contributed by atoms with Crippen LogP contribution in [0.3, 0.4) is 0 Å². The number of hydrogen-bond acceptors (Lipinski definition) is 3. The molecule has 2 rings (SSSR count). The molecule has 2 fully saturated rings. The van der Waals surface area contributed by atoms with Gasteiger partial charge in [0.15, 0.2) is 0 Å². The van der Waals surface area contributed by atoms with Crippen LogP contribution in [-0.4, -0.2) is 47.8 Å². The quantitative estimate of drug-likeness (QED) is 0.758. The molecule has 1 N–H and O–H groups in total. The van der Waals surface area contributed by atoms with Crippen molar-refractivity contribution in [2.45, 2.75) is 38.3 Å². The molecule has 0 amide bonds. The van der Waals surface area contributed by atoms with Gasteiger partial charge in [0.1, 0.15) is 6.04 Å². The molecule has 0 aliphatic carbocycles. The van der Waals surface area contributed by atoms with Crippen LogP contribution in [0.2, 0.25) is 0 Å². The average molecular weight is 213 g/mol. The summed E-state index contributed by atoms with van der Waals surface area (Å²) in [4.78, 5) is 13.2. The van der Waals surface area contributed by atoms with Crippen molar-refractivity contribution in [1.29, 1.82) is 0 Å². The molecule has 2 saturated heterocycles. The van der Waals surface area contributed by atoms with Crippen molar-refractivity contribution < 1.29 is 14.6 Å². The van der Waals surface area contributed by atoms with Gasteiger partial charge in [-0.2, -0.15) is 0 Å². The lowest BCUT2D eigenvalue weighted by atomic mass is 9.98. The lowest BCUT2D eigenvalue weighted by Gasteiger charge is -2.31. The molecule has 0 saturated carbocycles. The smallest absolute Gasteiger partial charge is 0.320 e. The van der Waals surface area contributed by atoms with E-state index in [-0.39, 0.29) is 6.04 Å². The van der Waals surface area contributed by atoms with Crippen molar-refractivity contribution in [1.82, 2.24) is 4.90 Å². The lowest BCUT2D eigenvalue weighted by Crippen LogP contribution is -2.45. The van der Waals surface area contributed by atoms with Crippen LogP contribution in [-0.2, 0) is 9.53 Å². The van der Waals surface area contributed by atoms with Gasteiger partial charge in [-0.25, -0.2) is 0 Å². The van der Waals surface area contributed by atoms with Crippen molar-refractivity contribution in [2.24, 2.45) is 5.92 Å². The predicted octanol–water partition coefficient (Wildman–Crippen LogP) is 0.960. The summed E-state index contributed by atoms with van der Waals surface area (Å²) >= 11 is 0. The molecule has 0 bridgehead atoms. The summed E-state index contributed by atoms with van der Waals surface area (Å²) in [6, 6.07) is 0.0803. The predicted molar refractivity (Wildman–Crippen MR) is 55.8 cm³/mol. The van der Waals surface area contributed by atoms with Crippen molar-refractivity contribution in [3.63, 3.8) is 0 Å². The van der Waals surface area contributed by atoms with E-state index in [2.05, 4.69) is 11.8 Å². The third-order valence-corrected chi connectivity index (χ3v) is 3.75. The molecule has 0 aromatic carbocycles. The molecule has 0 aromatic rings. The fourth-order valence-corrected chi connectivity index (χ4v) is 2.75. The summed E-state index contributed by atoms with van der Waals surface area (Å²) < 4.78 is 5.36. The number of carbonyl (C=O) groups is 1. The minimum absolute atomic E-state index is 0.263. The maximum atomic E-state index is 11.1. The Morgan fingerprint density at radius 1 is 1.53 bits per heavy atom. The molecule has 0 aromatic heterocycles. The monoisotopic (exact) mass is 213 g/mol. The SMILES string of the molecule is CC(C1CCOC1)N1CCCC1C(=O)O. The van der Waals surface area contributed by atoms with Gasteiger partial charge in [0.2, 0.25) is 0 Å². The van der Waals surface area contributed by atoms with E-state index < -0.39 is 5.97 Å². The second kappa shape index (κ2) is 4.49. The third kappa shape index (κ3) is 2.16. The first kappa shape index (κ1) is 10.9. The van der Waals surface area contributed by atoms with Crippen LogP contribution in [0.4, 0.5) is 0 Å². The van der Waals surface area contributed by atoms with Crippen molar-refractivity contribution >= 4 is 5.97 Å². The second-order valence-electron chi connectivity index (χ2n) is 4.60. The molecule has 0 spiro atoms. The van der Waals surface area contributed by atoms with E-state index in [0.717, 1.165) is 39.0 Å². The third-order valence-electron chi connectivity index (χ3n) is 3.75. The molecule has 86 valence electrons. The van der Waals surface area contributed by atoms with Gasteiger partial charge in [-0.3, -0.25) is 9.69 Å². The van der Waals surface area contributed by atoms with E-state index in [1.807, 2.05) is 0 Å². The Kier molecular flexibility index (Phi) is 3.26. The normalized spacial score (nSPS) is 34.5. The van der Waals surface area contributed by atoms with E-state index in [9.17, 15) is 4.79 Å². The molecular formula is C11H19NO3. The Morgan fingerprint density at radius 3 is 2.93 bits per heavy atom. The fourth-order valence-electron chi connectivity index (χ4n) is 2.75. The van der Waals surface area contributed by atoms with E-state index in [1.165, 1.54) is 0 Å². The molecule has 4 nitrogen and oxygen atoms in total. The standard InChI is InChI=1S/C11H19NO3/c1-8(9-4-6-15-7-9)12-5-2-3-10(12)11(13)14/h8-10H,2-7H2,1H3,(H,13,14). The molecule has 2 aliphatic rings. The van der Waals surface area contributed by atoms with Gasteiger partial charge < -0.3 is 9.84 Å². The highest BCUT2D eigenvalue weighted by Crippen LogP contribution is 2.27. The van der Waals surface area contributed by atoms with Crippen LogP contribution < -0.4 is 0 Å². The summed E-state index contributed by atoms with van der Waals surface area (Å²) in [5, 5.41) is 9.10. The van der Waals surface area contributed by atoms with Gasteiger partial charge in [0.25, 0.3) is 0 Å². The minimum Gasteiger partial charge on any atom is -0.480 e. The van der Waals surface area contributed by atoms with Crippen molar-refractivity contribution in [3.05, 3.63) is 0 Å². The highest BCUT2D eigenvalue weighted by atomic mass is 16.5. The van der Waals surface area contributed by atoms with Crippen LogP contribution in [0.15, 0.2) is 0 Å². The maximum absolute atomic E-state index is 11.1. The van der Waals surface area contributed by atoms with Gasteiger partial charge in [-0.05, 0) is 38.6 Å². The zero-order valence-electron chi connectivity index (χ0n) is 9.19. The number of nitrogens with zero attached hydrogens (tertiary/aromatic N) is 1. The first-order chi connectivity index (χ1) is 7.20. The maximum Gasteiger partial charge on any atom is 0.320 e. The van der Waals surface area contributed by atoms with Crippen LogP contribution in [0.25, 0.3) is 0 Å². The number of aliphatic carboxylic acids is 1. The zero-order valence-corrected chi connectivity index (χ0v) is 9.19. The number of carboxylic acid groups (broad SMARTS) is 1. The van der Waals surface area contributed by atoms with E-state index in [4.69, 9.17) is 9.84 Å². The number of hydrogen-bond donors (Lipinski definition) is 1. The summed E-state index contributed by atoms with van der Waals surface area (Å²) in [7, 11) is 0. The number of ether oxygens (including phenoxy) is 1. The summed E-state index contributed by atoms with van der Waals surface area (Å²) in [6.07, 6.45) is 2.88. The second-order valence-corrected chi connectivity index (χ2v) is 4.60. The molecule has 15 heavy (non-hydrogen) atoms. The van der Waals surface area contributed by atoms with E-state index >= 15 is 0 Å². The lowest BCUT2D eigenvalue weighted by molar-refractivity contribution is -0.143. The van der Waals surface area contributed by atoms with Crippen molar-refractivity contribution in [3.8, 4) is 0 Å². The summed E-state index contributed by atoms with van der Waals surface area (Å²) in [5.74, 6) is -0.150. The number of carboxylic acids is 1. The summed E-state index contributed by atoms with van der Waals surface area (Å²) in [5.41, 5.74) is 0. The number of likely N-dealkylation sites (tertiary alicyclic amines) is 1. The first-order valence-electron chi connectivity index (χ1n) is 5.76. The Morgan fingerprint density at radius 2 is 2.33 bits per heavy atom. The molecule has 2 aliphatic heterocycles. The topological polar surface area (TPSA) is 49.8 Å². The Hall–Kier alpha value is -0.610. The highest BCUT2D eigenvalue weighted by Gasteiger charge is 2.37. The van der Waals surface area contributed by atoms with E-state index in [0.29, 0.717) is 12.0 Å². The average Bonchev–Trinajstić information content (AvgIpc) is 2.88. The Bertz CT molecular complexity index is 238.